The molecule has 1 saturated heterocycles. The predicted molar refractivity (Wildman–Crippen MR) is 101 cm³/mol. The lowest BCUT2D eigenvalue weighted by atomic mass is 10.0. The van der Waals surface area contributed by atoms with E-state index in [2.05, 4.69) is 34.6 Å². The first kappa shape index (κ1) is 18.2. The second-order valence-electron chi connectivity index (χ2n) is 7.02. The fourth-order valence-electron chi connectivity index (χ4n) is 3.87. The van der Waals surface area contributed by atoms with E-state index in [0.29, 0.717) is 6.54 Å². The van der Waals surface area contributed by atoms with Gasteiger partial charge in [-0.05, 0) is 41.6 Å². The molecule has 27 heavy (non-hydrogen) atoms. The van der Waals surface area contributed by atoms with Gasteiger partial charge in [0.05, 0.1) is 12.8 Å². The number of rotatable bonds is 6. The molecule has 4 rings (SSSR count). The molecule has 0 saturated carbocycles. The molecule has 1 aromatic carbocycles. The van der Waals surface area contributed by atoms with E-state index in [0.717, 1.165) is 42.8 Å². The number of nitrogens with zero attached hydrogens (tertiary/aromatic N) is 4. The van der Waals surface area contributed by atoms with Crippen LogP contribution in [0.25, 0.3) is 0 Å². The molecule has 1 atom stereocenters. The van der Waals surface area contributed by atoms with Gasteiger partial charge in [-0.3, -0.25) is 0 Å². The number of furan rings is 1. The molecule has 7 nitrogen and oxygen atoms in total. The van der Waals surface area contributed by atoms with Crippen molar-refractivity contribution in [1.29, 1.82) is 0 Å². The molecule has 142 valence electrons. The molecule has 2 aromatic heterocycles. The molecule has 0 aliphatic carbocycles. The summed E-state index contributed by atoms with van der Waals surface area (Å²) >= 11 is 6.12. The van der Waals surface area contributed by atoms with Crippen LogP contribution in [0.1, 0.15) is 30.1 Å². The van der Waals surface area contributed by atoms with E-state index in [4.69, 9.17) is 16.0 Å². The summed E-state index contributed by atoms with van der Waals surface area (Å²) < 4.78 is 7.34. The Labute approximate surface area is 163 Å². The topological polar surface area (TPSA) is 65.6 Å². The molecular formula is C19H25ClN6O+2. The van der Waals surface area contributed by atoms with Crippen LogP contribution in [0, 0.1) is 0 Å². The zero-order chi connectivity index (χ0) is 18.6. The smallest absolute Gasteiger partial charge is 0.214 e. The fourth-order valence-corrected chi connectivity index (χ4v) is 4.00. The maximum absolute atomic E-state index is 6.12. The van der Waals surface area contributed by atoms with Crippen molar-refractivity contribution in [2.75, 3.05) is 32.7 Å². The number of likely N-dealkylation sites (N-methyl/N-ethyl adjacent to an activating group) is 1. The normalized spacial score (nSPS) is 21.3. The number of quaternary nitrogens is 2. The summed E-state index contributed by atoms with van der Waals surface area (Å²) in [7, 11) is 0. The van der Waals surface area contributed by atoms with Gasteiger partial charge in [-0.15, -0.1) is 5.10 Å². The van der Waals surface area contributed by atoms with Crippen LogP contribution in [0.2, 0.25) is 5.02 Å². The largest absolute Gasteiger partial charge is 0.467 e. The first-order valence-corrected chi connectivity index (χ1v) is 9.84. The van der Waals surface area contributed by atoms with Crippen LogP contribution >= 0.6 is 11.6 Å². The molecular weight excluding hydrogens is 364 g/mol. The van der Waals surface area contributed by atoms with Crippen molar-refractivity contribution >= 4 is 11.6 Å². The van der Waals surface area contributed by atoms with Crippen LogP contribution in [-0.2, 0) is 6.54 Å². The van der Waals surface area contributed by atoms with Crippen molar-refractivity contribution in [3.8, 4) is 0 Å². The molecule has 3 heterocycles. The van der Waals surface area contributed by atoms with Crippen molar-refractivity contribution < 1.29 is 14.2 Å². The van der Waals surface area contributed by atoms with Crippen LogP contribution < -0.4 is 9.80 Å². The predicted octanol–water partition coefficient (Wildman–Crippen LogP) is -0.139. The quantitative estimate of drug-likeness (QED) is 0.617. The number of hydrogen-bond donors (Lipinski definition) is 2. The van der Waals surface area contributed by atoms with Crippen molar-refractivity contribution in [1.82, 2.24) is 20.2 Å². The van der Waals surface area contributed by atoms with Gasteiger partial charge in [0.25, 0.3) is 0 Å². The third-order valence-electron chi connectivity index (χ3n) is 5.41. The van der Waals surface area contributed by atoms with Gasteiger partial charge in [0.1, 0.15) is 38.5 Å². The highest BCUT2D eigenvalue weighted by Gasteiger charge is 2.35. The van der Waals surface area contributed by atoms with Gasteiger partial charge in [-0.1, -0.05) is 23.7 Å². The number of aromatic nitrogens is 4. The van der Waals surface area contributed by atoms with Crippen molar-refractivity contribution in [3.63, 3.8) is 0 Å². The summed E-state index contributed by atoms with van der Waals surface area (Å²) in [6.07, 6.45) is 1.67. The van der Waals surface area contributed by atoms with E-state index in [1.807, 2.05) is 28.9 Å². The lowest BCUT2D eigenvalue weighted by Crippen LogP contribution is -3.28. The summed E-state index contributed by atoms with van der Waals surface area (Å²) in [6, 6.07) is 12.0. The standard InChI is InChI=1S/C19H23ClN6O/c1-2-24-9-11-25(12-10-24)18(15-5-7-16(20)8-6-15)19-21-22-23-26(19)14-17-4-3-13-27-17/h3-8,13,18H,2,9-12,14H2,1H3/p+2/t18-/m0/s1. The van der Waals surface area contributed by atoms with E-state index >= 15 is 0 Å². The number of halogens is 1. The first-order chi connectivity index (χ1) is 13.2. The Morgan fingerprint density at radius 3 is 2.59 bits per heavy atom. The van der Waals surface area contributed by atoms with Gasteiger partial charge in [-0.2, -0.15) is 0 Å². The number of benzene rings is 1. The average Bonchev–Trinajstić information content (AvgIpc) is 3.37. The van der Waals surface area contributed by atoms with Gasteiger partial charge < -0.3 is 14.2 Å². The van der Waals surface area contributed by atoms with Crippen molar-refractivity contribution in [2.24, 2.45) is 0 Å². The van der Waals surface area contributed by atoms with Crippen LogP contribution in [0.15, 0.2) is 47.1 Å². The zero-order valence-corrected chi connectivity index (χ0v) is 16.2. The van der Waals surface area contributed by atoms with Crippen molar-refractivity contribution in [3.05, 3.63) is 64.8 Å². The Morgan fingerprint density at radius 1 is 1.15 bits per heavy atom. The minimum Gasteiger partial charge on any atom is -0.467 e. The summed E-state index contributed by atoms with van der Waals surface area (Å²) in [5.74, 6) is 1.71. The minimum atomic E-state index is 0.0747. The van der Waals surface area contributed by atoms with Gasteiger partial charge in [0, 0.05) is 10.6 Å². The summed E-state index contributed by atoms with van der Waals surface area (Å²) in [5, 5.41) is 13.3. The van der Waals surface area contributed by atoms with E-state index in [1.54, 1.807) is 11.2 Å². The van der Waals surface area contributed by atoms with Gasteiger partial charge >= 0.3 is 0 Å². The van der Waals surface area contributed by atoms with E-state index in [-0.39, 0.29) is 6.04 Å². The van der Waals surface area contributed by atoms with Crippen LogP contribution in [-0.4, -0.2) is 52.9 Å². The van der Waals surface area contributed by atoms with Gasteiger partial charge in [0.2, 0.25) is 5.82 Å². The second kappa shape index (κ2) is 8.21. The maximum atomic E-state index is 6.12. The fraction of sp³-hybridized carbons (Fsp3) is 0.421. The number of tetrazole rings is 1. The van der Waals surface area contributed by atoms with E-state index in [1.165, 1.54) is 17.0 Å². The number of hydrogen-bond acceptors (Lipinski definition) is 4. The monoisotopic (exact) mass is 388 g/mol. The molecule has 0 unspecified atom stereocenters. The Bertz CT molecular complexity index is 839. The molecule has 3 aromatic rings. The molecule has 0 amide bonds. The van der Waals surface area contributed by atoms with Crippen LogP contribution in [0.4, 0.5) is 0 Å². The molecule has 8 heteroatoms. The summed E-state index contributed by atoms with van der Waals surface area (Å²) in [6.45, 7) is 8.45. The third kappa shape index (κ3) is 4.05. The lowest BCUT2D eigenvalue weighted by molar-refractivity contribution is -1.02. The highest BCUT2D eigenvalue weighted by Crippen LogP contribution is 2.20. The SMILES string of the molecule is CC[NH+]1CC[NH+]([C@@H](c2ccc(Cl)cc2)c2nnnn2Cc2ccco2)CC1. The average molecular weight is 389 g/mol. The third-order valence-corrected chi connectivity index (χ3v) is 5.67. The van der Waals surface area contributed by atoms with Crippen LogP contribution in [0.5, 0.6) is 0 Å². The number of nitrogens with one attached hydrogen (secondary N) is 2. The highest BCUT2D eigenvalue weighted by atomic mass is 35.5. The van der Waals surface area contributed by atoms with Crippen molar-refractivity contribution in [2.45, 2.75) is 19.5 Å². The first-order valence-electron chi connectivity index (χ1n) is 9.46. The maximum Gasteiger partial charge on any atom is 0.214 e. The van der Waals surface area contributed by atoms with Gasteiger partial charge in [0.15, 0.2) is 6.04 Å². The Hall–Kier alpha value is -2.22. The Balaban J connectivity index is 1.66. The minimum absolute atomic E-state index is 0.0747. The molecule has 0 bridgehead atoms. The molecule has 1 aliphatic heterocycles. The van der Waals surface area contributed by atoms with Gasteiger partial charge in [-0.25, -0.2) is 4.68 Å². The van der Waals surface area contributed by atoms with E-state index in [9.17, 15) is 0 Å². The lowest BCUT2D eigenvalue weighted by Gasteiger charge is -2.33. The Kier molecular flexibility index (Phi) is 5.52. The van der Waals surface area contributed by atoms with E-state index < -0.39 is 0 Å². The molecule has 0 radical (unpaired) electrons. The second-order valence-corrected chi connectivity index (χ2v) is 7.46. The molecule has 1 aliphatic rings. The highest BCUT2D eigenvalue weighted by molar-refractivity contribution is 6.30. The summed E-state index contributed by atoms with van der Waals surface area (Å²) in [5.41, 5.74) is 1.19. The summed E-state index contributed by atoms with van der Waals surface area (Å²) in [4.78, 5) is 3.15. The number of piperazine rings is 1. The zero-order valence-electron chi connectivity index (χ0n) is 15.4. The molecule has 0 spiro atoms. The Morgan fingerprint density at radius 2 is 1.93 bits per heavy atom. The molecule has 1 fully saturated rings. The molecule has 2 N–H and O–H groups in total. The van der Waals surface area contributed by atoms with Crippen LogP contribution in [0.3, 0.4) is 0 Å².